The third-order valence-corrected chi connectivity index (χ3v) is 2.51. The van der Waals surface area contributed by atoms with Crippen LogP contribution in [0.2, 0.25) is 0 Å². The molecular formula is C14H21NO6. The van der Waals surface area contributed by atoms with Crippen LogP contribution in [-0.2, 0) is 9.53 Å². The molecule has 1 atom stereocenters. The van der Waals surface area contributed by atoms with E-state index in [9.17, 15) is 14.9 Å². The molecule has 7 heteroatoms. The van der Waals surface area contributed by atoms with Crippen LogP contribution in [0, 0.1) is 10.1 Å². The highest BCUT2D eigenvalue weighted by Gasteiger charge is 2.24. The lowest BCUT2D eigenvalue weighted by molar-refractivity contribution is -0.386. The Labute approximate surface area is 124 Å². The van der Waals surface area contributed by atoms with Gasteiger partial charge in [-0.1, -0.05) is 13.8 Å². The van der Waals surface area contributed by atoms with E-state index in [4.69, 9.17) is 14.2 Å². The molecule has 0 saturated carbocycles. The molecule has 0 N–H and O–H groups in total. The lowest BCUT2D eigenvalue weighted by Gasteiger charge is -2.15. The molecule has 118 valence electrons. The average molecular weight is 299 g/mol. The molecule has 0 radical (unpaired) electrons. The molecule has 0 saturated heterocycles. The Kier molecular flexibility index (Phi) is 7.81. The van der Waals surface area contributed by atoms with Crippen LogP contribution >= 0.6 is 0 Å². The minimum Gasteiger partial charge on any atom is -0.493 e. The smallest absolute Gasteiger partial charge is 0.303 e. The van der Waals surface area contributed by atoms with Crippen LogP contribution in [0.4, 0.5) is 5.69 Å². The molecule has 1 aromatic carbocycles. The van der Waals surface area contributed by atoms with Crippen LogP contribution in [0.25, 0.3) is 0 Å². The minimum absolute atomic E-state index is 0.189. The highest BCUT2D eigenvalue weighted by atomic mass is 16.6. The zero-order valence-corrected chi connectivity index (χ0v) is 13.1. The predicted molar refractivity (Wildman–Crippen MR) is 77.7 cm³/mol. The van der Waals surface area contributed by atoms with Crippen LogP contribution in [0.15, 0.2) is 12.1 Å². The lowest BCUT2D eigenvalue weighted by Crippen LogP contribution is -2.08. The summed E-state index contributed by atoms with van der Waals surface area (Å²) in [6, 6.07) is 2.68. The molecule has 0 fully saturated rings. The summed E-state index contributed by atoms with van der Waals surface area (Å²) in [5, 5.41) is 11.0. The first-order valence-corrected chi connectivity index (χ1v) is 6.48. The first-order chi connectivity index (χ1) is 9.90. The molecule has 1 rings (SSSR count). The normalized spacial score (nSPS) is 10.8. The number of nitro groups is 1. The predicted octanol–water partition coefficient (Wildman–Crippen LogP) is 3.26. The maximum absolute atomic E-state index is 11.0. The summed E-state index contributed by atoms with van der Waals surface area (Å²) in [7, 11) is 2.81. The van der Waals surface area contributed by atoms with Crippen LogP contribution in [0.5, 0.6) is 11.5 Å². The zero-order chi connectivity index (χ0) is 16.6. The highest BCUT2D eigenvalue weighted by molar-refractivity contribution is 5.67. The van der Waals surface area contributed by atoms with Crippen molar-refractivity contribution < 1.29 is 23.9 Å². The van der Waals surface area contributed by atoms with Crippen molar-refractivity contribution in [1.82, 2.24) is 0 Å². The summed E-state index contributed by atoms with van der Waals surface area (Å²) in [5.41, 5.74) is 0.0595. The molecule has 0 spiro atoms. The van der Waals surface area contributed by atoms with Gasteiger partial charge in [0.2, 0.25) is 0 Å². The van der Waals surface area contributed by atoms with Crippen LogP contribution in [0.3, 0.4) is 0 Å². The second-order valence-electron chi connectivity index (χ2n) is 3.77. The number of hydrogen-bond donors (Lipinski definition) is 0. The van der Waals surface area contributed by atoms with Crippen LogP contribution < -0.4 is 9.47 Å². The Morgan fingerprint density at radius 3 is 2.05 bits per heavy atom. The number of rotatable bonds is 5. The van der Waals surface area contributed by atoms with Crippen LogP contribution in [-0.4, -0.2) is 25.1 Å². The fraction of sp³-hybridized carbons (Fsp3) is 0.500. The number of carbonyl (C=O) groups excluding carboxylic acids is 1. The second-order valence-corrected chi connectivity index (χ2v) is 3.77. The van der Waals surface area contributed by atoms with Gasteiger partial charge in [0.05, 0.1) is 30.8 Å². The van der Waals surface area contributed by atoms with E-state index in [0.717, 1.165) is 0 Å². The molecule has 0 amide bonds. The lowest BCUT2D eigenvalue weighted by atomic mass is 10.1. The van der Waals surface area contributed by atoms with E-state index in [1.165, 1.54) is 33.3 Å². The first kappa shape index (κ1) is 18.7. The summed E-state index contributed by atoms with van der Waals surface area (Å²) < 4.78 is 15.0. The zero-order valence-electron chi connectivity index (χ0n) is 13.1. The molecule has 7 nitrogen and oxygen atoms in total. The monoisotopic (exact) mass is 299 g/mol. The van der Waals surface area contributed by atoms with Gasteiger partial charge in [-0.25, -0.2) is 0 Å². The molecule has 0 aliphatic rings. The number of carbonyl (C=O) groups is 1. The van der Waals surface area contributed by atoms with Gasteiger partial charge >= 0.3 is 5.97 Å². The minimum atomic E-state index is -0.752. The number of benzene rings is 1. The van der Waals surface area contributed by atoms with E-state index >= 15 is 0 Å². The van der Waals surface area contributed by atoms with Gasteiger partial charge in [-0.2, -0.15) is 0 Å². The molecule has 0 aromatic heterocycles. The van der Waals surface area contributed by atoms with Crippen molar-refractivity contribution >= 4 is 11.7 Å². The van der Waals surface area contributed by atoms with E-state index < -0.39 is 17.0 Å². The largest absolute Gasteiger partial charge is 0.493 e. The van der Waals surface area contributed by atoms with Gasteiger partial charge in [0.1, 0.15) is 6.10 Å². The fourth-order valence-corrected chi connectivity index (χ4v) is 1.68. The Hall–Kier alpha value is -2.31. The van der Waals surface area contributed by atoms with Gasteiger partial charge in [-0.15, -0.1) is 0 Å². The highest BCUT2D eigenvalue weighted by Crippen LogP contribution is 2.38. The van der Waals surface area contributed by atoms with Crippen molar-refractivity contribution in [2.45, 2.75) is 33.8 Å². The maximum atomic E-state index is 11.0. The standard InChI is InChI=1S/C12H15NO6.C2H6/c1-7(19-8(2)14)9-5-11(17-3)12(18-4)6-10(9)13(15)16;1-2/h5-7H,1-4H3;1-2H3. The summed E-state index contributed by atoms with van der Waals surface area (Å²) in [6.07, 6.45) is -0.752. The summed E-state index contributed by atoms with van der Waals surface area (Å²) >= 11 is 0. The third kappa shape index (κ3) is 4.94. The number of methoxy groups -OCH3 is 2. The molecule has 21 heavy (non-hydrogen) atoms. The summed E-state index contributed by atoms with van der Waals surface area (Å²) in [6.45, 7) is 6.79. The summed E-state index contributed by atoms with van der Waals surface area (Å²) in [4.78, 5) is 21.4. The molecule has 0 aliphatic carbocycles. The van der Waals surface area contributed by atoms with Crippen molar-refractivity contribution in [3.8, 4) is 11.5 Å². The van der Waals surface area contributed by atoms with Crippen molar-refractivity contribution in [3.05, 3.63) is 27.8 Å². The number of ether oxygens (including phenoxy) is 3. The van der Waals surface area contributed by atoms with Gasteiger partial charge in [-0.05, 0) is 13.0 Å². The fourth-order valence-electron chi connectivity index (χ4n) is 1.68. The quantitative estimate of drug-likeness (QED) is 0.471. The van der Waals surface area contributed by atoms with Gasteiger partial charge in [-0.3, -0.25) is 14.9 Å². The van der Waals surface area contributed by atoms with Crippen molar-refractivity contribution in [2.75, 3.05) is 14.2 Å². The maximum Gasteiger partial charge on any atom is 0.303 e. The van der Waals surface area contributed by atoms with Gasteiger partial charge in [0.15, 0.2) is 11.5 Å². The van der Waals surface area contributed by atoms with Gasteiger partial charge in [0.25, 0.3) is 5.69 Å². The Morgan fingerprint density at radius 1 is 1.19 bits per heavy atom. The Bertz CT molecular complexity index is 500. The van der Waals surface area contributed by atoms with Gasteiger partial charge in [0, 0.05) is 6.92 Å². The number of nitrogens with zero attached hydrogens (tertiary/aromatic N) is 1. The number of nitro benzene ring substituents is 1. The van der Waals surface area contributed by atoms with Crippen molar-refractivity contribution in [3.63, 3.8) is 0 Å². The Balaban J connectivity index is 0.00000191. The number of esters is 1. The van der Waals surface area contributed by atoms with Gasteiger partial charge < -0.3 is 14.2 Å². The molecular weight excluding hydrogens is 278 g/mol. The Morgan fingerprint density at radius 2 is 1.67 bits per heavy atom. The van der Waals surface area contributed by atoms with Crippen molar-refractivity contribution in [2.24, 2.45) is 0 Å². The summed E-state index contributed by atoms with van der Waals surface area (Å²) in [5.74, 6) is 0.0617. The SMILES string of the molecule is CC.COc1cc(C(C)OC(C)=O)c([N+](=O)[O-])cc1OC. The second kappa shape index (κ2) is 8.78. The van der Waals surface area contributed by atoms with E-state index in [2.05, 4.69) is 0 Å². The van der Waals surface area contributed by atoms with E-state index in [-0.39, 0.29) is 17.0 Å². The third-order valence-electron chi connectivity index (χ3n) is 2.51. The van der Waals surface area contributed by atoms with Crippen LogP contribution in [0.1, 0.15) is 39.4 Å². The molecule has 1 aromatic rings. The molecule has 1 unspecified atom stereocenters. The van der Waals surface area contributed by atoms with E-state index in [0.29, 0.717) is 5.75 Å². The molecule has 0 heterocycles. The van der Waals surface area contributed by atoms with E-state index in [1.54, 1.807) is 6.92 Å². The average Bonchev–Trinajstić information content (AvgIpc) is 2.46. The molecule has 0 aliphatic heterocycles. The molecule has 0 bridgehead atoms. The topological polar surface area (TPSA) is 87.9 Å². The van der Waals surface area contributed by atoms with Crippen molar-refractivity contribution in [1.29, 1.82) is 0 Å². The number of hydrogen-bond acceptors (Lipinski definition) is 6. The first-order valence-electron chi connectivity index (χ1n) is 6.48. The van der Waals surface area contributed by atoms with E-state index in [1.807, 2.05) is 13.8 Å².